The molecule has 0 atom stereocenters. The van der Waals surface area contributed by atoms with Gasteiger partial charge in [0.05, 0.1) is 16.5 Å². The number of aromatic nitrogens is 1. The number of anilines is 1. The van der Waals surface area contributed by atoms with Crippen LogP contribution in [-0.4, -0.2) is 9.91 Å². The summed E-state index contributed by atoms with van der Waals surface area (Å²) >= 11 is 7.41. The Balaban J connectivity index is 2.22. The largest absolute Gasteiger partial charge is 0.372 e. The van der Waals surface area contributed by atoms with Crippen LogP contribution in [0.25, 0.3) is 0 Å². The summed E-state index contributed by atoms with van der Waals surface area (Å²) in [5.74, 6) is 0. The summed E-state index contributed by atoms with van der Waals surface area (Å²) in [4.78, 5) is 14.4. The molecule has 0 bridgehead atoms. The Kier molecular flexibility index (Phi) is 3.55. The van der Waals surface area contributed by atoms with Gasteiger partial charge in [-0.1, -0.05) is 17.7 Å². The molecule has 2 aromatic rings. The molecule has 0 spiro atoms. The highest BCUT2D eigenvalue weighted by Gasteiger charge is 2.16. The number of thiazole rings is 1. The van der Waals surface area contributed by atoms with E-state index in [1.54, 1.807) is 18.3 Å². The lowest BCUT2D eigenvalue weighted by molar-refractivity contribution is -0.383. The molecule has 0 aliphatic carbocycles. The van der Waals surface area contributed by atoms with Gasteiger partial charge in [-0.15, -0.1) is 11.3 Å². The average Bonchev–Trinajstić information content (AvgIpc) is 2.80. The monoisotopic (exact) mass is 269 g/mol. The molecule has 1 aromatic heterocycles. The number of nitro benzene ring substituents is 1. The van der Waals surface area contributed by atoms with E-state index in [2.05, 4.69) is 10.3 Å². The summed E-state index contributed by atoms with van der Waals surface area (Å²) in [5.41, 5.74) is 0.295. The Morgan fingerprint density at radius 1 is 1.53 bits per heavy atom. The van der Waals surface area contributed by atoms with Gasteiger partial charge in [0, 0.05) is 17.6 Å². The third kappa shape index (κ3) is 2.72. The highest BCUT2D eigenvalue weighted by Crippen LogP contribution is 2.32. The number of benzene rings is 1. The Hall–Kier alpha value is -1.66. The van der Waals surface area contributed by atoms with Gasteiger partial charge in [0.2, 0.25) is 0 Å². The van der Waals surface area contributed by atoms with E-state index in [0.29, 0.717) is 17.3 Å². The lowest BCUT2D eigenvalue weighted by Gasteiger charge is -2.06. The van der Waals surface area contributed by atoms with Crippen LogP contribution < -0.4 is 5.32 Å². The number of nitro groups is 1. The van der Waals surface area contributed by atoms with Crippen LogP contribution in [0.15, 0.2) is 29.8 Å². The van der Waals surface area contributed by atoms with Crippen molar-refractivity contribution in [3.63, 3.8) is 0 Å². The zero-order valence-electron chi connectivity index (χ0n) is 8.59. The second kappa shape index (κ2) is 5.11. The smallest absolute Gasteiger partial charge is 0.293 e. The number of rotatable bonds is 4. The predicted molar refractivity (Wildman–Crippen MR) is 67.5 cm³/mol. The molecule has 17 heavy (non-hydrogen) atoms. The first-order valence-corrected chi connectivity index (χ1v) is 5.99. The molecule has 0 aliphatic heterocycles. The van der Waals surface area contributed by atoms with E-state index in [-0.39, 0.29) is 5.69 Å². The summed E-state index contributed by atoms with van der Waals surface area (Å²) in [6.07, 6.45) is 1.68. The minimum absolute atomic E-state index is 0.0333. The van der Waals surface area contributed by atoms with Crippen LogP contribution in [0.1, 0.15) is 5.01 Å². The highest BCUT2D eigenvalue weighted by molar-refractivity contribution is 7.09. The van der Waals surface area contributed by atoms with Crippen molar-refractivity contribution in [2.75, 3.05) is 5.32 Å². The Morgan fingerprint density at radius 3 is 3.00 bits per heavy atom. The minimum atomic E-state index is -0.462. The summed E-state index contributed by atoms with van der Waals surface area (Å²) < 4.78 is 0. The first kappa shape index (κ1) is 11.8. The number of para-hydroxylation sites is 1. The molecular formula is C10H8ClN3O2S. The third-order valence-electron chi connectivity index (χ3n) is 2.09. The molecule has 0 fully saturated rings. The van der Waals surface area contributed by atoms with Crippen LogP contribution >= 0.6 is 22.9 Å². The molecule has 1 heterocycles. The molecule has 1 N–H and O–H groups in total. The molecule has 5 nitrogen and oxygen atoms in total. The average molecular weight is 270 g/mol. The standard InChI is InChI=1S/C10H8ClN3O2S/c11-7-2-1-3-8(14(15)16)10(7)13-6-9-12-4-5-17-9/h1-5,13H,6H2. The van der Waals surface area contributed by atoms with Gasteiger partial charge in [-0.25, -0.2) is 4.98 Å². The van der Waals surface area contributed by atoms with Gasteiger partial charge >= 0.3 is 0 Å². The predicted octanol–water partition coefficient (Wildman–Crippen LogP) is 3.32. The summed E-state index contributed by atoms with van der Waals surface area (Å²) in [7, 11) is 0. The second-order valence-corrected chi connectivity index (χ2v) is 4.56. The maximum atomic E-state index is 10.8. The van der Waals surface area contributed by atoms with Crippen molar-refractivity contribution in [3.8, 4) is 0 Å². The molecule has 0 saturated carbocycles. The van der Waals surface area contributed by atoms with Crippen molar-refractivity contribution in [1.29, 1.82) is 0 Å². The van der Waals surface area contributed by atoms with Crippen molar-refractivity contribution < 1.29 is 4.92 Å². The van der Waals surface area contributed by atoms with Crippen molar-refractivity contribution in [2.24, 2.45) is 0 Å². The number of nitrogens with zero attached hydrogens (tertiary/aromatic N) is 2. The van der Waals surface area contributed by atoms with Crippen molar-refractivity contribution in [1.82, 2.24) is 4.98 Å². The molecule has 0 radical (unpaired) electrons. The zero-order valence-corrected chi connectivity index (χ0v) is 10.2. The lowest BCUT2D eigenvalue weighted by Crippen LogP contribution is -2.02. The number of hydrogen-bond donors (Lipinski definition) is 1. The van der Waals surface area contributed by atoms with E-state index in [1.807, 2.05) is 5.38 Å². The maximum Gasteiger partial charge on any atom is 0.293 e. The van der Waals surface area contributed by atoms with E-state index in [9.17, 15) is 10.1 Å². The summed E-state index contributed by atoms with van der Waals surface area (Å²) in [6.45, 7) is 0.419. The van der Waals surface area contributed by atoms with Crippen molar-refractivity contribution in [3.05, 3.63) is 49.9 Å². The molecule has 0 saturated heterocycles. The molecule has 1 aromatic carbocycles. The van der Waals surface area contributed by atoms with Crippen LogP contribution in [-0.2, 0) is 6.54 Å². The summed E-state index contributed by atoms with van der Waals surface area (Å²) in [6, 6.07) is 4.57. The molecule has 0 amide bonds. The van der Waals surface area contributed by atoms with Crippen LogP contribution in [0.5, 0.6) is 0 Å². The van der Waals surface area contributed by atoms with Crippen molar-refractivity contribution in [2.45, 2.75) is 6.54 Å². The number of hydrogen-bond acceptors (Lipinski definition) is 5. The molecule has 0 unspecified atom stereocenters. The normalized spacial score (nSPS) is 10.2. The van der Waals surface area contributed by atoms with E-state index in [4.69, 9.17) is 11.6 Å². The first-order valence-electron chi connectivity index (χ1n) is 4.73. The molecule has 2 rings (SSSR count). The fraction of sp³-hybridized carbons (Fsp3) is 0.100. The van der Waals surface area contributed by atoms with Crippen LogP contribution in [0.3, 0.4) is 0 Å². The number of nitrogens with one attached hydrogen (secondary N) is 1. The molecule has 0 aliphatic rings. The van der Waals surface area contributed by atoms with Crippen LogP contribution in [0, 0.1) is 10.1 Å². The minimum Gasteiger partial charge on any atom is -0.372 e. The van der Waals surface area contributed by atoms with Crippen LogP contribution in [0.4, 0.5) is 11.4 Å². The Morgan fingerprint density at radius 2 is 2.35 bits per heavy atom. The number of halogens is 1. The van der Waals surface area contributed by atoms with Crippen LogP contribution in [0.2, 0.25) is 5.02 Å². The van der Waals surface area contributed by atoms with Gasteiger partial charge in [0.1, 0.15) is 10.7 Å². The van der Waals surface area contributed by atoms with E-state index in [0.717, 1.165) is 5.01 Å². The maximum absolute atomic E-state index is 10.8. The Bertz CT molecular complexity index is 530. The fourth-order valence-electron chi connectivity index (χ4n) is 1.34. The topological polar surface area (TPSA) is 68.1 Å². The SMILES string of the molecule is O=[N+]([O-])c1cccc(Cl)c1NCc1nccs1. The van der Waals surface area contributed by atoms with Gasteiger partial charge in [-0.3, -0.25) is 10.1 Å². The van der Waals surface area contributed by atoms with Gasteiger partial charge in [0.25, 0.3) is 5.69 Å². The Labute approximate surface area is 106 Å². The molecule has 7 heteroatoms. The summed E-state index contributed by atoms with van der Waals surface area (Å²) in [5, 5.41) is 16.8. The fourth-order valence-corrected chi connectivity index (χ4v) is 2.14. The van der Waals surface area contributed by atoms with E-state index < -0.39 is 4.92 Å². The first-order chi connectivity index (χ1) is 8.18. The molecular weight excluding hydrogens is 262 g/mol. The quantitative estimate of drug-likeness (QED) is 0.683. The van der Waals surface area contributed by atoms with E-state index in [1.165, 1.54) is 17.4 Å². The second-order valence-electron chi connectivity index (χ2n) is 3.17. The highest BCUT2D eigenvalue weighted by atomic mass is 35.5. The van der Waals surface area contributed by atoms with Crippen molar-refractivity contribution >= 4 is 34.3 Å². The van der Waals surface area contributed by atoms with E-state index >= 15 is 0 Å². The van der Waals surface area contributed by atoms with Gasteiger partial charge < -0.3 is 5.32 Å². The van der Waals surface area contributed by atoms with Gasteiger partial charge in [0.15, 0.2) is 0 Å². The third-order valence-corrected chi connectivity index (χ3v) is 3.18. The molecule has 88 valence electrons. The zero-order chi connectivity index (χ0) is 12.3. The van der Waals surface area contributed by atoms with Gasteiger partial charge in [-0.05, 0) is 6.07 Å². The lowest BCUT2D eigenvalue weighted by atomic mass is 10.2. The van der Waals surface area contributed by atoms with Gasteiger partial charge in [-0.2, -0.15) is 0 Å².